The molecule has 0 spiro atoms. The van der Waals surface area contributed by atoms with E-state index >= 15 is 0 Å². The van der Waals surface area contributed by atoms with E-state index in [-0.39, 0.29) is 29.4 Å². The highest BCUT2D eigenvalue weighted by atomic mass is 16.5. The number of nitrogens with one attached hydrogen (secondary N) is 1. The number of carbonyl (C=O) groups is 2. The summed E-state index contributed by atoms with van der Waals surface area (Å²) in [4.78, 5) is 32.0. The van der Waals surface area contributed by atoms with Crippen LogP contribution in [-0.2, 0) is 4.74 Å². The quantitative estimate of drug-likeness (QED) is 0.772. The fourth-order valence-corrected chi connectivity index (χ4v) is 3.45. The van der Waals surface area contributed by atoms with Crippen LogP contribution in [0.1, 0.15) is 60.6 Å². The van der Waals surface area contributed by atoms with Crippen molar-refractivity contribution in [3.05, 3.63) is 35.9 Å². The van der Waals surface area contributed by atoms with Crippen LogP contribution in [0.2, 0.25) is 0 Å². The van der Waals surface area contributed by atoms with Gasteiger partial charge in [0.1, 0.15) is 0 Å². The highest BCUT2D eigenvalue weighted by Gasteiger charge is 2.25. The van der Waals surface area contributed by atoms with Crippen molar-refractivity contribution >= 4 is 17.3 Å². The summed E-state index contributed by atoms with van der Waals surface area (Å²) in [5, 5.41) is 2.90. The molecule has 1 fully saturated rings. The molecule has 1 unspecified atom stereocenters. The SMILES string of the molecule is CCCN(CCC)C(=O)c1nc(C(=O)NCC2CCCO2)c2ccccn12. The Morgan fingerprint density at radius 2 is 2.07 bits per heavy atom. The number of amides is 2. The minimum absolute atomic E-state index is 0.0635. The van der Waals surface area contributed by atoms with Crippen molar-refractivity contribution in [1.82, 2.24) is 19.6 Å². The molecule has 0 aromatic carbocycles. The van der Waals surface area contributed by atoms with Crippen molar-refractivity contribution in [2.75, 3.05) is 26.2 Å². The lowest BCUT2D eigenvalue weighted by atomic mass is 10.2. The number of hydrogen-bond acceptors (Lipinski definition) is 4. The van der Waals surface area contributed by atoms with Gasteiger partial charge in [-0.05, 0) is 37.8 Å². The van der Waals surface area contributed by atoms with Gasteiger partial charge in [-0.1, -0.05) is 19.9 Å². The molecule has 0 aliphatic carbocycles. The van der Waals surface area contributed by atoms with Crippen LogP contribution in [0, 0.1) is 0 Å². The summed E-state index contributed by atoms with van der Waals surface area (Å²) in [5.41, 5.74) is 0.920. The molecule has 1 aliphatic rings. The van der Waals surface area contributed by atoms with Crippen LogP contribution >= 0.6 is 0 Å². The molecule has 3 rings (SSSR count). The molecule has 7 nitrogen and oxygen atoms in total. The van der Waals surface area contributed by atoms with Gasteiger partial charge in [-0.15, -0.1) is 0 Å². The summed E-state index contributed by atoms with van der Waals surface area (Å²) in [6, 6.07) is 5.50. The number of hydrogen-bond donors (Lipinski definition) is 1. The molecule has 2 amide bonds. The van der Waals surface area contributed by atoms with E-state index in [9.17, 15) is 9.59 Å². The maximum atomic E-state index is 13.0. The lowest BCUT2D eigenvalue weighted by Crippen LogP contribution is -2.34. The minimum atomic E-state index is -0.272. The number of aromatic nitrogens is 2. The van der Waals surface area contributed by atoms with Gasteiger partial charge < -0.3 is 15.0 Å². The maximum absolute atomic E-state index is 13.0. The second kappa shape index (κ2) is 8.99. The summed E-state index contributed by atoms with van der Waals surface area (Å²) < 4.78 is 7.26. The standard InChI is InChI=1S/C20H28N4O3/c1-3-10-23(11-4-2)20(26)18-22-17(16-9-5-6-12-24(16)18)19(25)21-14-15-8-7-13-27-15/h5-6,9,12,15H,3-4,7-8,10-11,13-14H2,1-2H3,(H,21,25). The van der Waals surface area contributed by atoms with E-state index in [0.717, 1.165) is 32.3 Å². The Labute approximate surface area is 159 Å². The lowest BCUT2D eigenvalue weighted by molar-refractivity contribution is 0.0742. The Morgan fingerprint density at radius 3 is 2.74 bits per heavy atom. The van der Waals surface area contributed by atoms with Crippen LogP contribution in [-0.4, -0.2) is 58.4 Å². The van der Waals surface area contributed by atoms with Crippen LogP contribution in [0.3, 0.4) is 0 Å². The van der Waals surface area contributed by atoms with E-state index in [1.807, 2.05) is 32.0 Å². The molecule has 1 saturated heterocycles. The van der Waals surface area contributed by atoms with Crippen molar-refractivity contribution in [3.8, 4) is 0 Å². The van der Waals surface area contributed by atoms with Gasteiger partial charge in [0.2, 0.25) is 5.82 Å². The zero-order valence-electron chi connectivity index (χ0n) is 16.1. The van der Waals surface area contributed by atoms with Gasteiger partial charge in [0.25, 0.3) is 11.8 Å². The van der Waals surface area contributed by atoms with Gasteiger partial charge in [0.15, 0.2) is 5.69 Å². The lowest BCUT2D eigenvalue weighted by Gasteiger charge is -2.20. The predicted octanol–water partition coefficient (Wildman–Crippen LogP) is 2.51. The second-order valence-corrected chi connectivity index (χ2v) is 6.88. The molecule has 146 valence electrons. The fourth-order valence-electron chi connectivity index (χ4n) is 3.45. The summed E-state index contributed by atoms with van der Waals surface area (Å²) in [7, 11) is 0. The monoisotopic (exact) mass is 372 g/mol. The van der Waals surface area contributed by atoms with Crippen LogP contribution in [0.15, 0.2) is 24.4 Å². The highest BCUT2D eigenvalue weighted by molar-refractivity contribution is 6.02. The number of pyridine rings is 1. The molecule has 1 aliphatic heterocycles. The molecular formula is C20H28N4O3. The molecule has 0 saturated carbocycles. The number of rotatable bonds is 8. The Kier molecular flexibility index (Phi) is 6.45. The Bertz CT molecular complexity index is 790. The molecule has 7 heteroatoms. The van der Waals surface area contributed by atoms with Crippen molar-refractivity contribution < 1.29 is 14.3 Å². The molecule has 3 heterocycles. The van der Waals surface area contributed by atoms with Gasteiger partial charge in [-0.25, -0.2) is 4.98 Å². The van der Waals surface area contributed by atoms with Gasteiger partial charge in [0.05, 0.1) is 11.6 Å². The number of imidazole rings is 1. The first-order chi connectivity index (χ1) is 13.2. The van der Waals surface area contributed by atoms with Gasteiger partial charge in [0, 0.05) is 32.4 Å². The van der Waals surface area contributed by atoms with E-state index in [0.29, 0.717) is 25.2 Å². The van der Waals surface area contributed by atoms with Crippen molar-refractivity contribution in [2.24, 2.45) is 0 Å². The van der Waals surface area contributed by atoms with Crippen LogP contribution < -0.4 is 5.32 Å². The third-order valence-electron chi connectivity index (χ3n) is 4.74. The van der Waals surface area contributed by atoms with E-state index in [4.69, 9.17) is 4.74 Å². The highest BCUT2D eigenvalue weighted by Crippen LogP contribution is 2.16. The number of nitrogens with zero attached hydrogens (tertiary/aromatic N) is 3. The minimum Gasteiger partial charge on any atom is -0.376 e. The van der Waals surface area contributed by atoms with Crippen molar-refractivity contribution in [1.29, 1.82) is 0 Å². The van der Waals surface area contributed by atoms with E-state index in [2.05, 4.69) is 10.3 Å². The third kappa shape index (κ3) is 4.30. The molecule has 27 heavy (non-hydrogen) atoms. The average molecular weight is 372 g/mol. The molecule has 2 aromatic heterocycles. The summed E-state index contributed by atoms with van der Waals surface area (Å²) >= 11 is 0. The first-order valence-corrected chi connectivity index (χ1v) is 9.81. The largest absolute Gasteiger partial charge is 0.376 e. The molecule has 1 N–H and O–H groups in total. The van der Waals surface area contributed by atoms with Crippen molar-refractivity contribution in [3.63, 3.8) is 0 Å². The van der Waals surface area contributed by atoms with Crippen LogP contribution in [0.4, 0.5) is 0 Å². The third-order valence-corrected chi connectivity index (χ3v) is 4.74. The zero-order chi connectivity index (χ0) is 19.2. The molecule has 1 atom stereocenters. The van der Waals surface area contributed by atoms with Crippen molar-refractivity contribution in [2.45, 2.75) is 45.6 Å². The average Bonchev–Trinajstić information content (AvgIpc) is 3.33. The number of carbonyl (C=O) groups excluding carboxylic acids is 2. The fraction of sp³-hybridized carbons (Fsp3) is 0.550. The van der Waals surface area contributed by atoms with E-state index in [1.54, 1.807) is 15.5 Å². The zero-order valence-corrected chi connectivity index (χ0v) is 16.1. The van der Waals surface area contributed by atoms with Gasteiger partial charge in [-0.3, -0.25) is 14.0 Å². The Balaban J connectivity index is 1.86. The predicted molar refractivity (Wildman–Crippen MR) is 103 cm³/mol. The van der Waals surface area contributed by atoms with Gasteiger partial charge in [-0.2, -0.15) is 0 Å². The number of fused-ring (bicyclic) bond motifs is 1. The van der Waals surface area contributed by atoms with Gasteiger partial charge >= 0.3 is 0 Å². The summed E-state index contributed by atoms with van der Waals surface area (Å²) in [6.07, 6.45) is 5.58. The Hall–Kier alpha value is -2.41. The topological polar surface area (TPSA) is 75.9 Å². The summed E-state index contributed by atoms with van der Waals surface area (Å²) in [6.45, 7) is 6.65. The second-order valence-electron chi connectivity index (χ2n) is 6.88. The normalized spacial score (nSPS) is 16.6. The Morgan fingerprint density at radius 1 is 1.30 bits per heavy atom. The first kappa shape index (κ1) is 19.4. The smallest absolute Gasteiger partial charge is 0.290 e. The van der Waals surface area contributed by atoms with E-state index in [1.165, 1.54) is 0 Å². The first-order valence-electron chi connectivity index (χ1n) is 9.81. The molecule has 0 bridgehead atoms. The summed E-state index contributed by atoms with van der Waals surface area (Å²) in [5.74, 6) is -0.126. The van der Waals surface area contributed by atoms with Crippen LogP contribution in [0.25, 0.3) is 5.52 Å². The molecular weight excluding hydrogens is 344 g/mol. The number of ether oxygens (including phenoxy) is 1. The maximum Gasteiger partial charge on any atom is 0.290 e. The van der Waals surface area contributed by atoms with E-state index < -0.39 is 0 Å². The molecule has 0 radical (unpaired) electrons. The molecule has 2 aromatic rings. The van der Waals surface area contributed by atoms with Crippen LogP contribution in [0.5, 0.6) is 0 Å².